The summed E-state index contributed by atoms with van der Waals surface area (Å²) in [6.07, 6.45) is 2.88. The smallest absolute Gasteiger partial charge is 0.339 e. The van der Waals surface area contributed by atoms with Crippen LogP contribution in [0.5, 0.6) is 0 Å². The molecule has 1 amide bonds. The number of aromatic carboxylic acids is 1. The van der Waals surface area contributed by atoms with Gasteiger partial charge in [0, 0.05) is 18.1 Å². The van der Waals surface area contributed by atoms with E-state index in [1.165, 1.54) is 6.20 Å². The summed E-state index contributed by atoms with van der Waals surface area (Å²) in [5.74, 6) is -0.912. The van der Waals surface area contributed by atoms with Crippen molar-refractivity contribution in [1.82, 2.24) is 14.7 Å². The van der Waals surface area contributed by atoms with Crippen molar-refractivity contribution in [3.05, 3.63) is 52.3 Å². The summed E-state index contributed by atoms with van der Waals surface area (Å²) in [6, 6.07) is 7.55. The fraction of sp³-hybridized carbons (Fsp3) is 0.450. The Morgan fingerprint density at radius 1 is 1.22 bits per heavy atom. The van der Waals surface area contributed by atoms with Crippen molar-refractivity contribution in [1.29, 1.82) is 0 Å². The van der Waals surface area contributed by atoms with Crippen molar-refractivity contribution in [3.8, 4) is 0 Å². The molecule has 1 aliphatic heterocycles. The minimum Gasteiger partial charge on any atom is -0.478 e. The number of rotatable bonds is 4. The normalized spacial score (nSPS) is 15.8. The molecule has 3 rings (SSSR count). The highest BCUT2D eigenvalue weighted by Crippen LogP contribution is 2.33. The van der Waals surface area contributed by atoms with Gasteiger partial charge >= 0.3 is 5.97 Å². The van der Waals surface area contributed by atoms with E-state index in [1.54, 1.807) is 17.7 Å². The number of carbonyl (C=O) groups is 2. The Bertz CT molecular complexity index is 867. The van der Waals surface area contributed by atoms with Crippen LogP contribution >= 0.6 is 11.6 Å². The van der Waals surface area contributed by atoms with Crippen LogP contribution < -0.4 is 0 Å². The molecule has 2 aromatic rings. The zero-order chi connectivity index (χ0) is 19.8. The van der Waals surface area contributed by atoms with Gasteiger partial charge in [0.25, 0.3) is 0 Å². The van der Waals surface area contributed by atoms with E-state index in [0.29, 0.717) is 23.8 Å². The van der Waals surface area contributed by atoms with Crippen molar-refractivity contribution in [2.24, 2.45) is 0 Å². The molecule has 27 heavy (non-hydrogen) atoms. The molecule has 0 atom stereocenters. The number of hydrogen-bond acceptors (Lipinski definition) is 3. The predicted molar refractivity (Wildman–Crippen MR) is 103 cm³/mol. The highest BCUT2D eigenvalue weighted by molar-refractivity contribution is 6.31. The van der Waals surface area contributed by atoms with Gasteiger partial charge in [0.15, 0.2) is 0 Å². The van der Waals surface area contributed by atoms with Crippen LogP contribution in [0.2, 0.25) is 5.02 Å². The molecule has 0 bridgehead atoms. The number of halogens is 1. The molecule has 144 valence electrons. The fourth-order valence-corrected chi connectivity index (χ4v) is 4.17. The van der Waals surface area contributed by atoms with E-state index in [9.17, 15) is 14.7 Å². The average molecular weight is 390 g/mol. The molecule has 1 N–H and O–H groups in total. The average Bonchev–Trinajstić information content (AvgIpc) is 3.03. The van der Waals surface area contributed by atoms with Crippen LogP contribution in [0.4, 0.5) is 0 Å². The Hall–Kier alpha value is -2.34. The highest BCUT2D eigenvalue weighted by Gasteiger charge is 2.37. The summed E-state index contributed by atoms with van der Waals surface area (Å²) in [5.41, 5.74) is 1.01. The van der Waals surface area contributed by atoms with Crippen LogP contribution in [0.1, 0.15) is 54.3 Å². The molecule has 0 aliphatic carbocycles. The maximum atomic E-state index is 13.1. The lowest BCUT2D eigenvalue weighted by atomic mass is 9.82. The van der Waals surface area contributed by atoms with E-state index < -0.39 is 11.4 Å². The van der Waals surface area contributed by atoms with Crippen LogP contribution in [0.15, 0.2) is 30.5 Å². The number of amides is 1. The van der Waals surface area contributed by atoms with Crippen LogP contribution in [-0.2, 0) is 10.2 Å². The topological polar surface area (TPSA) is 75.4 Å². The minimum absolute atomic E-state index is 0.0532. The second-order valence-corrected chi connectivity index (χ2v) is 7.93. The summed E-state index contributed by atoms with van der Waals surface area (Å²) in [6.45, 7) is 6.80. The molecule has 1 aliphatic rings. The number of carboxylic acids is 1. The number of piperidine rings is 1. The van der Waals surface area contributed by atoms with Crippen molar-refractivity contribution in [2.75, 3.05) is 13.1 Å². The third-order valence-corrected chi connectivity index (χ3v) is 5.78. The number of likely N-dealkylation sites (tertiary alicyclic amines) is 1. The van der Waals surface area contributed by atoms with Gasteiger partial charge in [-0.25, -0.2) is 4.79 Å². The van der Waals surface area contributed by atoms with Crippen molar-refractivity contribution >= 4 is 23.5 Å². The van der Waals surface area contributed by atoms with Gasteiger partial charge in [0.05, 0.1) is 23.3 Å². The first-order chi connectivity index (χ1) is 12.7. The van der Waals surface area contributed by atoms with Crippen LogP contribution in [0, 0.1) is 6.92 Å². The van der Waals surface area contributed by atoms with Gasteiger partial charge in [-0.3, -0.25) is 9.48 Å². The first-order valence-corrected chi connectivity index (χ1v) is 9.43. The summed E-state index contributed by atoms with van der Waals surface area (Å²) in [4.78, 5) is 26.2. The summed E-state index contributed by atoms with van der Waals surface area (Å²) >= 11 is 6.31. The lowest BCUT2D eigenvalue weighted by molar-refractivity contribution is -0.137. The second kappa shape index (κ2) is 7.35. The van der Waals surface area contributed by atoms with Gasteiger partial charge in [0.1, 0.15) is 5.56 Å². The van der Waals surface area contributed by atoms with E-state index in [0.717, 1.165) is 18.4 Å². The molecule has 6 nitrogen and oxygen atoms in total. The van der Waals surface area contributed by atoms with E-state index in [2.05, 4.69) is 5.10 Å². The molecule has 1 fully saturated rings. The van der Waals surface area contributed by atoms with Gasteiger partial charge in [-0.2, -0.15) is 5.10 Å². The van der Waals surface area contributed by atoms with Crippen LogP contribution in [-0.4, -0.2) is 44.8 Å². The van der Waals surface area contributed by atoms with Gasteiger partial charge in [-0.05, 0) is 45.2 Å². The molecule has 0 saturated carbocycles. The van der Waals surface area contributed by atoms with Crippen molar-refractivity contribution in [3.63, 3.8) is 0 Å². The largest absolute Gasteiger partial charge is 0.478 e. The second-order valence-electron chi connectivity index (χ2n) is 7.52. The molecule has 1 aromatic carbocycles. The Morgan fingerprint density at radius 2 is 1.85 bits per heavy atom. The first-order valence-electron chi connectivity index (χ1n) is 9.05. The number of hydrogen-bond donors (Lipinski definition) is 1. The van der Waals surface area contributed by atoms with Crippen LogP contribution in [0.3, 0.4) is 0 Å². The van der Waals surface area contributed by atoms with Crippen molar-refractivity contribution in [2.45, 2.75) is 45.1 Å². The zero-order valence-electron chi connectivity index (χ0n) is 15.8. The molecule has 0 unspecified atom stereocenters. The quantitative estimate of drug-likeness (QED) is 0.865. The fourth-order valence-electron chi connectivity index (χ4n) is 3.79. The third-order valence-electron chi connectivity index (χ3n) is 5.45. The van der Waals surface area contributed by atoms with E-state index in [4.69, 9.17) is 11.6 Å². The first kappa shape index (κ1) is 19.4. The Labute approximate surface area is 163 Å². The van der Waals surface area contributed by atoms with Crippen LogP contribution in [0.25, 0.3) is 0 Å². The van der Waals surface area contributed by atoms with Gasteiger partial charge < -0.3 is 10.0 Å². The molecule has 2 heterocycles. The lowest BCUT2D eigenvalue weighted by Gasteiger charge is -2.37. The Morgan fingerprint density at radius 3 is 2.41 bits per heavy atom. The Kier molecular flexibility index (Phi) is 5.29. The van der Waals surface area contributed by atoms with E-state index in [1.807, 2.05) is 36.9 Å². The minimum atomic E-state index is -0.965. The summed E-state index contributed by atoms with van der Waals surface area (Å²) in [7, 11) is 0. The molecular weight excluding hydrogens is 366 g/mol. The summed E-state index contributed by atoms with van der Waals surface area (Å²) in [5, 5.41) is 14.0. The van der Waals surface area contributed by atoms with E-state index >= 15 is 0 Å². The van der Waals surface area contributed by atoms with Crippen molar-refractivity contribution < 1.29 is 14.7 Å². The number of aromatic nitrogens is 2. The molecular formula is C20H24ClN3O3. The predicted octanol–water partition coefficient (Wildman–Crippen LogP) is 3.68. The molecule has 1 aromatic heterocycles. The maximum absolute atomic E-state index is 13.1. The standard InChI is InChI=1S/C20H24ClN3O3/c1-13-15(18(25)26)12-22-24(13)14-8-10-23(11-9-14)19(27)20(2,3)16-6-4-5-7-17(16)21/h4-7,12,14H,8-11H2,1-3H3,(H,25,26). The summed E-state index contributed by atoms with van der Waals surface area (Å²) < 4.78 is 1.78. The molecule has 7 heteroatoms. The van der Waals surface area contributed by atoms with E-state index in [-0.39, 0.29) is 17.5 Å². The SMILES string of the molecule is Cc1c(C(=O)O)cnn1C1CCN(C(=O)C(C)(C)c2ccccc2Cl)CC1. The number of carbonyl (C=O) groups excluding carboxylic acids is 1. The third kappa shape index (κ3) is 3.58. The number of carboxylic acid groups (broad SMARTS) is 1. The van der Waals surface area contributed by atoms with Gasteiger partial charge in [-0.1, -0.05) is 29.8 Å². The zero-order valence-corrected chi connectivity index (χ0v) is 16.5. The Balaban J connectivity index is 1.71. The van der Waals surface area contributed by atoms with Gasteiger partial charge in [-0.15, -0.1) is 0 Å². The molecule has 0 radical (unpaired) electrons. The highest BCUT2D eigenvalue weighted by atomic mass is 35.5. The van der Waals surface area contributed by atoms with Gasteiger partial charge in [0.2, 0.25) is 5.91 Å². The maximum Gasteiger partial charge on any atom is 0.339 e. The number of benzene rings is 1. The number of nitrogens with zero attached hydrogens (tertiary/aromatic N) is 3. The monoisotopic (exact) mass is 389 g/mol. The molecule has 1 saturated heterocycles. The lowest BCUT2D eigenvalue weighted by Crippen LogP contribution is -2.47. The molecule has 0 spiro atoms.